The molecule has 4 heteroatoms. The van der Waals surface area contributed by atoms with Crippen LogP contribution in [0.25, 0.3) is 0 Å². The van der Waals surface area contributed by atoms with Crippen LogP contribution in [0.3, 0.4) is 0 Å². The second-order valence-electron chi connectivity index (χ2n) is 4.88. The van der Waals surface area contributed by atoms with Crippen LogP contribution in [0.2, 0.25) is 0 Å². The highest BCUT2D eigenvalue weighted by atomic mass is 32.2. The largest absolute Gasteiger partial charge is 0.398 e. The van der Waals surface area contributed by atoms with Crippen LogP contribution in [0.15, 0.2) is 12.1 Å². The molecule has 0 aliphatic carbocycles. The van der Waals surface area contributed by atoms with E-state index in [1.54, 1.807) is 6.07 Å². The first kappa shape index (κ1) is 15.9. The highest BCUT2D eigenvalue weighted by Gasteiger charge is 2.13. The van der Waals surface area contributed by atoms with E-state index in [-0.39, 0.29) is 11.9 Å². The fourth-order valence-corrected chi connectivity index (χ4v) is 2.70. The van der Waals surface area contributed by atoms with E-state index < -0.39 is 0 Å². The third-order valence-electron chi connectivity index (χ3n) is 3.13. The van der Waals surface area contributed by atoms with Gasteiger partial charge in [0.2, 0.25) is 0 Å². The summed E-state index contributed by atoms with van der Waals surface area (Å²) in [5, 5.41) is 3.03. The lowest BCUT2D eigenvalue weighted by Gasteiger charge is -2.15. The number of aryl methyl sites for hydroxylation is 2. The van der Waals surface area contributed by atoms with Crippen molar-refractivity contribution in [2.75, 3.05) is 17.2 Å². The summed E-state index contributed by atoms with van der Waals surface area (Å²) >= 11 is 1.90. The van der Waals surface area contributed by atoms with Crippen molar-refractivity contribution >= 4 is 23.4 Å². The first-order chi connectivity index (χ1) is 8.95. The van der Waals surface area contributed by atoms with E-state index in [2.05, 4.69) is 12.2 Å². The van der Waals surface area contributed by atoms with Gasteiger partial charge in [-0.15, -0.1) is 0 Å². The minimum Gasteiger partial charge on any atom is -0.398 e. The Labute approximate surface area is 120 Å². The van der Waals surface area contributed by atoms with Gasteiger partial charge in [-0.2, -0.15) is 11.8 Å². The van der Waals surface area contributed by atoms with Crippen molar-refractivity contribution in [3.05, 3.63) is 28.8 Å². The second-order valence-corrected chi connectivity index (χ2v) is 6.28. The van der Waals surface area contributed by atoms with Crippen molar-refractivity contribution in [1.82, 2.24) is 5.32 Å². The Balaban J connectivity index is 2.65. The first-order valence-corrected chi connectivity index (χ1v) is 7.86. The fourth-order valence-electron chi connectivity index (χ4n) is 1.89. The van der Waals surface area contributed by atoms with Crippen LogP contribution >= 0.6 is 11.8 Å². The van der Waals surface area contributed by atoms with Crippen LogP contribution in [0.1, 0.15) is 41.8 Å². The van der Waals surface area contributed by atoms with Crippen molar-refractivity contribution in [2.45, 2.75) is 40.2 Å². The van der Waals surface area contributed by atoms with Crippen molar-refractivity contribution in [2.24, 2.45) is 0 Å². The highest BCUT2D eigenvalue weighted by Crippen LogP contribution is 2.18. The number of amides is 1. The molecule has 0 saturated carbocycles. The van der Waals surface area contributed by atoms with Gasteiger partial charge < -0.3 is 11.1 Å². The van der Waals surface area contributed by atoms with Crippen molar-refractivity contribution in [1.29, 1.82) is 0 Å². The smallest absolute Gasteiger partial charge is 0.251 e. The molecule has 0 aliphatic heterocycles. The Hall–Kier alpha value is -1.16. The fraction of sp³-hybridized carbons (Fsp3) is 0.533. The molecule has 0 radical (unpaired) electrons. The van der Waals surface area contributed by atoms with Gasteiger partial charge >= 0.3 is 0 Å². The lowest BCUT2D eigenvalue weighted by atomic mass is 10.0. The van der Waals surface area contributed by atoms with E-state index in [4.69, 9.17) is 5.73 Å². The van der Waals surface area contributed by atoms with Crippen LogP contribution in [-0.4, -0.2) is 23.5 Å². The third-order valence-corrected chi connectivity index (χ3v) is 4.07. The normalized spacial score (nSPS) is 12.2. The maximum atomic E-state index is 12.2. The van der Waals surface area contributed by atoms with E-state index in [1.165, 1.54) is 0 Å². The molecule has 0 aromatic heterocycles. The molecule has 0 saturated heterocycles. The summed E-state index contributed by atoms with van der Waals surface area (Å²) < 4.78 is 0. The van der Waals surface area contributed by atoms with Crippen LogP contribution in [-0.2, 0) is 0 Å². The molecule has 0 bridgehead atoms. The van der Waals surface area contributed by atoms with Gasteiger partial charge in [-0.05, 0) is 55.9 Å². The number of nitrogens with one attached hydrogen (secondary N) is 1. The Bertz CT molecular complexity index is 446. The number of hydrogen-bond acceptors (Lipinski definition) is 3. The summed E-state index contributed by atoms with van der Waals surface area (Å²) in [6.07, 6.45) is 0.991. The Morgan fingerprint density at radius 2 is 2.05 bits per heavy atom. The SMILES string of the molecule is CCSCCC(C)NC(=O)c1cc(N)c(C)cc1C. The number of benzene rings is 1. The van der Waals surface area contributed by atoms with Gasteiger partial charge in [-0.25, -0.2) is 0 Å². The summed E-state index contributed by atoms with van der Waals surface area (Å²) in [5.74, 6) is 2.17. The van der Waals surface area contributed by atoms with Gasteiger partial charge in [0, 0.05) is 17.3 Å². The van der Waals surface area contributed by atoms with Gasteiger partial charge in [0.25, 0.3) is 5.91 Å². The number of nitrogens with two attached hydrogens (primary N) is 1. The maximum absolute atomic E-state index is 12.2. The molecular formula is C15H24N2OS. The molecule has 106 valence electrons. The van der Waals surface area contributed by atoms with Gasteiger partial charge in [-0.3, -0.25) is 4.79 Å². The van der Waals surface area contributed by atoms with E-state index in [1.807, 2.05) is 38.6 Å². The van der Waals surface area contributed by atoms with Crippen LogP contribution in [0.4, 0.5) is 5.69 Å². The molecule has 0 spiro atoms. The Kier molecular flexibility index (Phi) is 6.22. The number of rotatable bonds is 6. The van der Waals surface area contributed by atoms with E-state index >= 15 is 0 Å². The lowest BCUT2D eigenvalue weighted by molar-refractivity contribution is 0.0939. The van der Waals surface area contributed by atoms with Crippen LogP contribution < -0.4 is 11.1 Å². The zero-order valence-corrected chi connectivity index (χ0v) is 13.1. The monoisotopic (exact) mass is 280 g/mol. The number of carbonyl (C=O) groups is 1. The molecule has 3 N–H and O–H groups in total. The quantitative estimate of drug-likeness (QED) is 0.621. The molecule has 0 heterocycles. The maximum Gasteiger partial charge on any atom is 0.251 e. The molecule has 1 unspecified atom stereocenters. The second kappa shape index (κ2) is 7.43. The summed E-state index contributed by atoms with van der Waals surface area (Å²) in [5.41, 5.74) is 9.21. The predicted molar refractivity (Wildman–Crippen MR) is 84.9 cm³/mol. The van der Waals surface area contributed by atoms with Gasteiger partial charge in [-0.1, -0.05) is 13.0 Å². The van der Waals surface area contributed by atoms with Crippen molar-refractivity contribution < 1.29 is 4.79 Å². The van der Waals surface area contributed by atoms with Gasteiger partial charge in [0.15, 0.2) is 0 Å². The summed E-state index contributed by atoms with van der Waals surface area (Å²) in [6.45, 7) is 8.08. The number of thioether (sulfide) groups is 1. The number of hydrogen-bond donors (Lipinski definition) is 2. The summed E-state index contributed by atoms with van der Waals surface area (Å²) in [7, 11) is 0. The predicted octanol–water partition coefficient (Wildman–Crippen LogP) is 3.15. The molecule has 1 aromatic rings. The Morgan fingerprint density at radius 1 is 1.37 bits per heavy atom. The van der Waals surface area contributed by atoms with Gasteiger partial charge in [0.05, 0.1) is 0 Å². The van der Waals surface area contributed by atoms with Crippen LogP contribution in [0, 0.1) is 13.8 Å². The zero-order chi connectivity index (χ0) is 14.4. The number of nitrogen functional groups attached to an aromatic ring is 1. The average molecular weight is 280 g/mol. The highest BCUT2D eigenvalue weighted by molar-refractivity contribution is 7.99. The topological polar surface area (TPSA) is 55.1 Å². The Morgan fingerprint density at radius 3 is 2.68 bits per heavy atom. The molecule has 19 heavy (non-hydrogen) atoms. The molecule has 1 aromatic carbocycles. The van der Waals surface area contributed by atoms with E-state index in [9.17, 15) is 4.79 Å². The first-order valence-electron chi connectivity index (χ1n) is 6.71. The average Bonchev–Trinajstić information content (AvgIpc) is 2.34. The van der Waals surface area contributed by atoms with Crippen molar-refractivity contribution in [3.8, 4) is 0 Å². The lowest BCUT2D eigenvalue weighted by Crippen LogP contribution is -2.33. The summed E-state index contributed by atoms with van der Waals surface area (Å²) in [6, 6.07) is 3.92. The molecular weight excluding hydrogens is 256 g/mol. The number of anilines is 1. The third kappa shape index (κ3) is 4.78. The van der Waals surface area contributed by atoms with Crippen LogP contribution in [0.5, 0.6) is 0 Å². The molecule has 1 rings (SSSR count). The molecule has 1 amide bonds. The van der Waals surface area contributed by atoms with E-state index in [0.29, 0.717) is 11.3 Å². The van der Waals surface area contributed by atoms with Crippen molar-refractivity contribution in [3.63, 3.8) is 0 Å². The minimum absolute atomic E-state index is 0.0294. The molecule has 1 atom stereocenters. The van der Waals surface area contributed by atoms with E-state index in [0.717, 1.165) is 29.1 Å². The minimum atomic E-state index is -0.0294. The zero-order valence-electron chi connectivity index (χ0n) is 12.2. The molecule has 3 nitrogen and oxygen atoms in total. The molecule has 0 fully saturated rings. The summed E-state index contributed by atoms with van der Waals surface area (Å²) in [4.78, 5) is 12.2. The van der Waals surface area contributed by atoms with Gasteiger partial charge in [0.1, 0.15) is 0 Å². The standard InChI is InChI=1S/C15H24N2OS/c1-5-19-7-6-12(4)17-15(18)13-9-14(16)11(3)8-10(13)2/h8-9,12H,5-7,16H2,1-4H3,(H,17,18). The number of carbonyl (C=O) groups excluding carboxylic acids is 1. The molecule has 0 aliphatic rings.